The van der Waals surface area contributed by atoms with Crippen LogP contribution in [0.25, 0.3) is 0 Å². The molecule has 1 saturated heterocycles. The quantitative estimate of drug-likeness (QED) is 0.371. The minimum Gasteiger partial charge on any atom is -0.465 e. The van der Waals surface area contributed by atoms with Crippen LogP contribution >= 0.6 is 0 Å². The summed E-state index contributed by atoms with van der Waals surface area (Å²) in [6.45, 7) is 1.97. The second-order valence-corrected chi connectivity index (χ2v) is 8.14. The molecule has 2 aromatic rings. The van der Waals surface area contributed by atoms with Gasteiger partial charge in [0.25, 0.3) is 0 Å². The Bertz CT molecular complexity index is 1220. The van der Waals surface area contributed by atoms with E-state index in [-0.39, 0.29) is 12.2 Å². The van der Waals surface area contributed by atoms with Gasteiger partial charge in [0, 0.05) is 6.54 Å². The summed E-state index contributed by atoms with van der Waals surface area (Å²) in [7, 11) is 1.00. The van der Waals surface area contributed by atoms with Gasteiger partial charge in [0.1, 0.15) is 18.0 Å². The summed E-state index contributed by atoms with van der Waals surface area (Å²) < 4.78 is 62.6. The minimum absolute atomic E-state index is 0.0256. The van der Waals surface area contributed by atoms with Crippen LogP contribution in [0, 0.1) is 17.7 Å². The molecule has 0 bridgehead atoms. The average molecular weight is 506 g/mol. The molecule has 0 unspecified atom stereocenters. The van der Waals surface area contributed by atoms with E-state index in [1.807, 2.05) is 6.07 Å². The van der Waals surface area contributed by atoms with Crippen LogP contribution in [0.2, 0.25) is 0 Å². The lowest BCUT2D eigenvalue weighted by Crippen LogP contribution is -2.44. The van der Waals surface area contributed by atoms with E-state index in [1.54, 1.807) is 36.5 Å². The van der Waals surface area contributed by atoms with Crippen LogP contribution in [0.15, 0.2) is 42.5 Å². The number of esters is 1. The van der Waals surface area contributed by atoms with Gasteiger partial charge in [-0.25, -0.2) is 14.0 Å². The molecule has 2 aromatic carbocycles. The summed E-state index contributed by atoms with van der Waals surface area (Å²) in [6, 6.07) is 10.3. The van der Waals surface area contributed by atoms with Crippen molar-refractivity contribution >= 4 is 23.7 Å². The molecule has 1 aliphatic rings. The van der Waals surface area contributed by atoms with Crippen molar-refractivity contribution < 1.29 is 41.4 Å². The number of hydrogen-bond donors (Lipinski definition) is 1. The number of amides is 2. The zero-order chi connectivity index (χ0) is 26.5. The molecule has 1 aliphatic heterocycles. The van der Waals surface area contributed by atoms with E-state index in [9.17, 15) is 31.9 Å². The molecule has 11 heteroatoms. The summed E-state index contributed by atoms with van der Waals surface area (Å²) >= 11 is 0. The minimum atomic E-state index is -5.26. The molecule has 0 spiro atoms. The highest BCUT2D eigenvalue weighted by atomic mass is 19.4. The highest BCUT2D eigenvalue weighted by Gasteiger charge is 2.41. The van der Waals surface area contributed by atoms with E-state index in [0.29, 0.717) is 25.5 Å². The van der Waals surface area contributed by atoms with E-state index in [1.165, 1.54) is 4.90 Å². The third kappa shape index (κ3) is 6.13. The maximum absolute atomic E-state index is 14.1. The van der Waals surface area contributed by atoms with Gasteiger partial charge in [-0.05, 0) is 37.5 Å². The monoisotopic (exact) mass is 506 g/mol. The van der Waals surface area contributed by atoms with Crippen molar-refractivity contribution in [2.75, 3.05) is 19.0 Å². The summed E-state index contributed by atoms with van der Waals surface area (Å²) in [5.74, 6) is 0.851. The van der Waals surface area contributed by atoms with Gasteiger partial charge in [0.15, 0.2) is 0 Å². The number of nitrogens with zero attached hydrogens (tertiary/aromatic N) is 1. The Hall–Kier alpha value is -4.07. The number of carbonyl (C=O) groups excluding carboxylic acids is 3. The highest BCUT2D eigenvalue weighted by molar-refractivity contribution is 6.00. The van der Waals surface area contributed by atoms with Gasteiger partial charge in [-0.15, -0.1) is 0 Å². The maximum Gasteiger partial charge on any atom is 0.471 e. The molecule has 190 valence electrons. The van der Waals surface area contributed by atoms with Crippen LogP contribution in [-0.2, 0) is 20.9 Å². The zero-order valence-corrected chi connectivity index (χ0v) is 19.4. The van der Waals surface area contributed by atoms with Crippen molar-refractivity contribution in [3.8, 4) is 11.8 Å². The van der Waals surface area contributed by atoms with Gasteiger partial charge < -0.3 is 14.8 Å². The first-order chi connectivity index (χ1) is 16.9. The summed E-state index contributed by atoms with van der Waals surface area (Å²) in [5.41, 5.74) is -1.86. The molecule has 36 heavy (non-hydrogen) atoms. The molecule has 3 rings (SSSR count). The van der Waals surface area contributed by atoms with Crippen molar-refractivity contribution in [1.82, 2.24) is 4.90 Å². The summed E-state index contributed by atoms with van der Waals surface area (Å²) in [6.07, 6.45) is -4.94. The number of alkyl halides is 3. The standard InChI is InChI=1S/C25H22F4N2O5/c1-24(10-6-12-31(24)23(34)36-15-16-7-4-3-5-8-16)11-9-18-19(21(32)35-2)13-17(26)14-20(18)30-22(33)25(27,28)29/h3-5,7-8,13-14H,6,10,12,15H2,1-2H3,(H,30,33)/t24-/m1/s1. The van der Waals surface area contributed by atoms with Crippen molar-refractivity contribution in [3.63, 3.8) is 0 Å². The number of likely N-dealkylation sites (tertiary alicyclic amines) is 1. The largest absolute Gasteiger partial charge is 0.471 e. The van der Waals surface area contributed by atoms with Crippen LogP contribution in [0.3, 0.4) is 0 Å². The number of halogens is 4. The third-order valence-corrected chi connectivity index (χ3v) is 5.54. The van der Waals surface area contributed by atoms with Crippen LogP contribution in [0.4, 0.5) is 28.0 Å². The van der Waals surface area contributed by atoms with E-state index < -0.39 is 46.8 Å². The van der Waals surface area contributed by atoms with Gasteiger partial charge in [0.05, 0.1) is 23.9 Å². The number of anilines is 1. The maximum atomic E-state index is 14.1. The lowest BCUT2D eigenvalue weighted by molar-refractivity contribution is -0.167. The Morgan fingerprint density at radius 1 is 1.17 bits per heavy atom. The van der Waals surface area contributed by atoms with Gasteiger partial charge in [-0.3, -0.25) is 9.69 Å². The molecular weight excluding hydrogens is 484 g/mol. The molecule has 1 fully saturated rings. The average Bonchev–Trinajstić information content (AvgIpc) is 3.22. The van der Waals surface area contributed by atoms with Crippen molar-refractivity contribution in [3.05, 3.63) is 65.0 Å². The molecule has 7 nitrogen and oxygen atoms in total. The van der Waals surface area contributed by atoms with Gasteiger partial charge in [-0.2, -0.15) is 13.2 Å². The number of benzene rings is 2. The first-order valence-corrected chi connectivity index (χ1v) is 10.8. The number of rotatable bonds is 4. The summed E-state index contributed by atoms with van der Waals surface area (Å²) in [4.78, 5) is 37.9. The fraction of sp³-hybridized carbons (Fsp3) is 0.320. The van der Waals surface area contributed by atoms with E-state index in [4.69, 9.17) is 4.74 Å². The van der Waals surface area contributed by atoms with Crippen LogP contribution in [-0.4, -0.2) is 48.2 Å². The predicted molar refractivity (Wildman–Crippen MR) is 120 cm³/mol. The SMILES string of the molecule is COC(=O)c1cc(F)cc(NC(=O)C(F)(F)F)c1C#C[C@@]1(C)CCCN1C(=O)OCc1ccccc1. The van der Waals surface area contributed by atoms with Crippen LogP contribution < -0.4 is 5.32 Å². The smallest absolute Gasteiger partial charge is 0.465 e. The lowest BCUT2D eigenvalue weighted by Gasteiger charge is -2.29. The Labute approximate surface area is 204 Å². The Morgan fingerprint density at radius 2 is 1.86 bits per heavy atom. The molecule has 2 amide bonds. The van der Waals surface area contributed by atoms with Crippen molar-refractivity contribution in [2.24, 2.45) is 0 Å². The first kappa shape index (κ1) is 26.5. The predicted octanol–water partition coefficient (Wildman–Crippen LogP) is 4.66. The Morgan fingerprint density at radius 3 is 2.50 bits per heavy atom. The van der Waals surface area contributed by atoms with Crippen molar-refractivity contribution in [2.45, 2.75) is 38.1 Å². The fourth-order valence-corrected chi connectivity index (χ4v) is 3.68. The second kappa shape index (κ2) is 10.7. The normalized spacial score (nSPS) is 17.1. The van der Waals surface area contributed by atoms with E-state index in [0.717, 1.165) is 18.7 Å². The van der Waals surface area contributed by atoms with E-state index in [2.05, 4.69) is 16.6 Å². The number of ether oxygens (including phenoxy) is 2. The molecule has 0 radical (unpaired) electrons. The molecule has 0 aromatic heterocycles. The fourth-order valence-electron chi connectivity index (χ4n) is 3.68. The van der Waals surface area contributed by atoms with Gasteiger partial charge in [0.2, 0.25) is 0 Å². The second-order valence-electron chi connectivity index (χ2n) is 8.14. The zero-order valence-electron chi connectivity index (χ0n) is 19.4. The Balaban J connectivity index is 1.95. The van der Waals surface area contributed by atoms with Gasteiger partial charge in [-0.1, -0.05) is 42.2 Å². The molecule has 0 saturated carbocycles. The highest BCUT2D eigenvalue weighted by Crippen LogP contribution is 2.31. The van der Waals surface area contributed by atoms with Crippen LogP contribution in [0.5, 0.6) is 0 Å². The summed E-state index contributed by atoms with van der Waals surface area (Å²) in [5, 5.41) is 1.55. The first-order valence-electron chi connectivity index (χ1n) is 10.8. The lowest BCUT2D eigenvalue weighted by atomic mass is 9.97. The topological polar surface area (TPSA) is 84.9 Å². The number of nitrogens with one attached hydrogen (secondary N) is 1. The third-order valence-electron chi connectivity index (χ3n) is 5.54. The number of hydrogen-bond acceptors (Lipinski definition) is 5. The molecule has 1 N–H and O–H groups in total. The van der Waals surface area contributed by atoms with Gasteiger partial charge >= 0.3 is 24.1 Å². The van der Waals surface area contributed by atoms with Crippen molar-refractivity contribution in [1.29, 1.82) is 0 Å². The molecule has 1 heterocycles. The van der Waals surface area contributed by atoms with E-state index >= 15 is 0 Å². The number of carbonyl (C=O) groups is 3. The molecule has 1 atom stereocenters. The number of methoxy groups -OCH3 is 1. The molecular formula is C25H22F4N2O5. The van der Waals surface area contributed by atoms with Crippen LogP contribution in [0.1, 0.15) is 41.3 Å². The molecule has 0 aliphatic carbocycles. The Kier molecular flexibility index (Phi) is 7.87.